The first kappa shape index (κ1) is 12.0. The highest BCUT2D eigenvalue weighted by Crippen LogP contribution is 2.31. The monoisotopic (exact) mass is 259 g/mol. The van der Waals surface area contributed by atoms with Crippen molar-refractivity contribution >= 4 is 17.4 Å². The Labute approximate surface area is 96.6 Å². The maximum Gasteiger partial charge on any atom is 0.417 e. The topological polar surface area (TPSA) is 84.0 Å². The van der Waals surface area contributed by atoms with Crippen molar-refractivity contribution in [1.82, 2.24) is 9.38 Å². The average molecular weight is 259 g/mol. The lowest BCUT2D eigenvalue weighted by molar-refractivity contribution is -0.137. The van der Waals surface area contributed by atoms with Crippen molar-refractivity contribution in [3.63, 3.8) is 0 Å². The zero-order valence-electron chi connectivity index (χ0n) is 8.47. The molecule has 0 fully saturated rings. The number of aromatic nitrogens is 2. The Morgan fingerprint density at radius 3 is 2.56 bits per heavy atom. The van der Waals surface area contributed by atoms with Crippen LogP contribution in [0.4, 0.5) is 19.0 Å². The number of halogens is 3. The number of carbonyl (C=O) groups is 1. The van der Waals surface area contributed by atoms with Gasteiger partial charge in [-0.2, -0.15) is 13.2 Å². The Bertz CT molecular complexity index is 648. The van der Waals surface area contributed by atoms with Crippen LogP contribution in [0.3, 0.4) is 0 Å². The van der Waals surface area contributed by atoms with E-state index in [1.54, 1.807) is 0 Å². The molecule has 9 heteroatoms. The number of fused-ring (bicyclic) bond motifs is 1. The summed E-state index contributed by atoms with van der Waals surface area (Å²) in [7, 11) is 0. The molecule has 2 aromatic rings. The van der Waals surface area contributed by atoms with Gasteiger partial charge in [0.1, 0.15) is 5.65 Å². The number of pyridine rings is 1. The van der Waals surface area contributed by atoms with Crippen molar-refractivity contribution in [2.75, 3.05) is 0 Å². The van der Waals surface area contributed by atoms with E-state index in [2.05, 4.69) is 10.2 Å². The fraction of sp³-hybridized carbons (Fsp3) is 0.111. The number of hydrogen-bond donors (Lipinski definition) is 1. The second-order valence-electron chi connectivity index (χ2n) is 3.32. The van der Waals surface area contributed by atoms with E-state index in [1.165, 1.54) is 0 Å². The Balaban J connectivity index is 2.76. The smallest absolute Gasteiger partial charge is 0.417 e. The van der Waals surface area contributed by atoms with Crippen LogP contribution >= 0.6 is 0 Å². The van der Waals surface area contributed by atoms with Crippen molar-refractivity contribution in [2.24, 2.45) is 5.18 Å². The normalized spacial score (nSPS) is 11.7. The van der Waals surface area contributed by atoms with E-state index in [0.29, 0.717) is 10.6 Å². The molecule has 0 spiro atoms. The molecule has 0 radical (unpaired) electrons. The van der Waals surface area contributed by atoms with Gasteiger partial charge in [-0.15, -0.1) is 4.91 Å². The number of carboxylic acid groups (broad SMARTS) is 1. The molecule has 6 nitrogen and oxygen atoms in total. The van der Waals surface area contributed by atoms with Crippen LogP contribution in [-0.2, 0) is 6.18 Å². The van der Waals surface area contributed by atoms with E-state index >= 15 is 0 Å². The summed E-state index contributed by atoms with van der Waals surface area (Å²) in [5.74, 6) is -2.22. The molecule has 18 heavy (non-hydrogen) atoms. The predicted molar refractivity (Wildman–Crippen MR) is 52.6 cm³/mol. The van der Waals surface area contributed by atoms with Gasteiger partial charge in [0.05, 0.1) is 5.56 Å². The largest absolute Gasteiger partial charge is 0.476 e. The van der Waals surface area contributed by atoms with Gasteiger partial charge in [0.2, 0.25) is 5.82 Å². The number of hydrogen-bond acceptors (Lipinski definition) is 4. The molecule has 0 bridgehead atoms. The molecule has 0 aromatic carbocycles. The van der Waals surface area contributed by atoms with Gasteiger partial charge in [0.25, 0.3) is 0 Å². The van der Waals surface area contributed by atoms with Crippen molar-refractivity contribution in [3.8, 4) is 0 Å². The highest BCUT2D eigenvalue weighted by Gasteiger charge is 2.31. The van der Waals surface area contributed by atoms with E-state index in [9.17, 15) is 22.9 Å². The van der Waals surface area contributed by atoms with Crippen molar-refractivity contribution < 1.29 is 23.1 Å². The molecule has 0 aliphatic carbocycles. The van der Waals surface area contributed by atoms with Gasteiger partial charge in [-0.05, 0) is 17.3 Å². The molecule has 0 saturated carbocycles. The van der Waals surface area contributed by atoms with E-state index in [4.69, 9.17) is 5.11 Å². The van der Waals surface area contributed by atoms with Gasteiger partial charge in [-0.3, -0.25) is 4.40 Å². The van der Waals surface area contributed by atoms with Crippen LogP contribution in [0.2, 0.25) is 0 Å². The summed E-state index contributed by atoms with van der Waals surface area (Å²) in [5, 5.41) is 11.1. The average Bonchev–Trinajstić information content (AvgIpc) is 2.65. The summed E-state index contributed by atoms with van der Waals surface area (Å²) in [5.41, 5.74) is -1.83. The van der Waals surface area contributed by atoms with Crippen LogP contribution in [0, 0.1) is 4.91 Å². The maximum absolute atomic E-state index is 12.5. The summed E-state index contributed by atoms with van der Waals surface area (Å²) in [4.78, 5) is 24.8. The molecule has 0 atom stereocenters. The summed E-state index contributed by atoms with van der Waals surface area (Å²) >= 11 is 0. The highest BCUT2D eigenvalue weighted by atomic mass is 19.4. The number of imidazole rings is 1. The van der Waals surface area contributed by atoms with Crippen LogP contribution in [0.1, 0.15) is 16.1 Å². The Morgan fingerprint density at radius 2 is 2.06 bits per heavy atom. The van der Waals surface area contributed by atoms with Gasteiger partial charge < -0.3 is 5.11 Å². The summed E-state index contributed by atoms with van der Waals surface area (Å²) in [6.07, 6.45) is -4.03. The first-order valence-corrected chi connectivity index (χ1v) is 4.50. The molecule has 0 aliphatic heterocycles. The van der Waals surface area contributed by atoms with Crippen LogP contribution < -0.4 is 0 Å². The number of nitroso groups, excluding NO2 is 1. The fourth-order valence-corrected chi connectivity index (χ4v) is 1.43. The lowest BCUT2D eigenvalue weighted by Crippen LogP contribution is -2.06. The molecule has 1 N–H and O–H groups in total. The number of alkyl halides is 3. The Kier molecular flexibility index (Phi) is 2.53. The van der Waals surface area contributed by atoms with E-state index in [1.807, 2.05) is 0 Å². The number of rotatable bonds is 2. The summed E-state index contributed by atoms with van der Waals surface area (Å²) in [6, 6.07) is 1.70. The zero-order valence-corrected chi connectivity index (χ0v) is 8.47. The third kappa shape index (κ3) is 1.79. The maximum atomic E-state index is 12.5. The summed E-state index contributed by atoms with van der Waals surface area (Å²) in [6.45, 7) is 0. The molecule has 2 heterocycles. The minimum atomic E-state index is -4.61. The van der Waals surface area contributed by atoms with Gasteiger partial charge >= 0.3 is 12.1 Å². The lowest BCUT2D eigenvalue weighted by Gasteiger charge is -2.06. The van der Waals surface area contributed by atoms with Gasteiger partial charge in [-0.25, -0.2) is 9.78 Å². The molecule has 0 saturated heterocycles. The molecule has 94 valence electrons. The molecule has 0 amide bonds. The zero-order chi connectivity index (χ0) is 13.5. The Hall–Kier alpha value is -2.45. The number of nitrogens with zero attached hydrogens (tertiary/aromatic N) is 3. The molecule has 2 rings (SSSR count). The highest BCUT2D eigenvalue weighted by molar-refractivity contribution is 5.91. The standard InChI is InChI=1S/C9H4F3N3O3/c10-9(11,12)4-1-2-5-13-6(8(16)17)7(14-18)15(5)3-4/h1-3H,(H,16,17). The second-order valence-corrected chi connectivity index (χ2v) is 3.32. The van der Waals surface area contributed by atoms with E-state index in [-0.39, 0.29) is 5.65 Å². The van der Waals surface area contributed by atoms with E-state index in [0.717, 1.165) is 12.1 Å². The van der Waals surface area contributed by atoms with Crippen LogP contribution in [0.25, 0.3) is 5.65 Å². The molecule has 0 aliphatic rings. The molecular weight excluding hydrogens is 255 g/mol. The molecule has 2 aromatic heterocycles. The van der Waals surface area contributed by atoms with Gasteiger partial charge in [-0.1, -0.05) is 0 Å². The van der Waals surface area contributed by atoms with Crippen molar-refractivity contribution in [2.45, 2.75) is 6.18 Å². The van der Waals surface area contributed by atoms with Gasteiger partial charge in [0, 0.05) is 6.20 Å². The fourth-order valence-electron chi connectivity index (χ4n) is 1.43. The first-order valence-electron chi connectivity index (χ1n) is 4.50. The number of carboxylic acids is 1. The lowest BCUT2D eigenvalue weighted by atomic mass is 10.3. The van der Waals surface area contributed by atoms with Gasteiger partial charge in [0.15, 0.2) is 5.69 Å². The minimum Gasteiger partial charge on any atom is -0.476 e. The second kappa shape index (κ2) is 3.79. The van der Waals surface area contributed by atoms with Crippen LogP contribution in [0.5, 0.6) is 0 Å². The third-order valence-corrected chi connectivity index (χ3v) is 2.21. The third-order valence-electron chi connectivity index (χ3n) is 2.21. The van der Waals surface area contributed by atoms with Crippen molar-refractivity contribution in [3.05, 3.63) is 34.5 Å². The SMILES string of the molecule is O=Nc1c(C(=O)O)nc2ccc(C(F)(F)F)cn12. The van der Waals surface area contributed by atoms with Crippen LogP contribution in [0.15, 0.2) is 23.5 Å². The first-order chi connectivity index (χ1) is 8.34. The summed E-state index contributed by atoms with van der Waals surface area (Å²) < 4.78 is 38.1. The molecular formula is C9H4F3N3O3. The quantitative estimate of drug-likeness (QED) is 0.839. The van der Waals surface area contributed by atoms with Crippen LogP contribution in [-0.4, -0.2) is 20.5 Å². The Morgan fingerprint density at radius 1 is 1.39 bits per heavy atom. The minimum absolute atomic E-state index is 0.102. The van der Waals surface area contributed by atoms with E-state index < -0.39 is 29.2 Å². The molecule has 0 unspecified atom stereocenters. The van der Waals surface area contributed by atoms with Crippen molar-refractivity contribution in [1.29, 1.82) is 0 Å². The number of aromatic carboxylic acids is 1. The predicted octanol–water partition coefficient (Wildman–Crippen LogP) is 2.45.